The van der Waals surface area contributed by atoms with E-state index in [0.717, 1.165) is 12.8 Å². The van der Waals surface area contributed by atoms with E-state index in [0.29, 0.717) is 11.8 Å². The third-order valence-corrected chi connectivity index (χ3v) is 6.33. The molecule has 0 aromatic rings. The highest BCUT2D eigenvalue weighted by Gasteiger charge is 2.46. The monoisotopic (exact) mass is 329 g/mol. The topological polar surface area (TPSA) is 98.3 Å². The summed E-state index contributed by atoms with van der Waals surface area (Å²) in [5.41, 5.74) is 18.1. The van der Waals surface area contributed by atoms with Gasteiger partial charge in [-0.2, -0.15) is 0 Å². The van der Waals surface area contributed by atoms with Crippen LogP contribution in [0.4, 0.5) is 0 Å². The molecule has 7 N–H and O–H groups in total. The van der Waals surface area contributed by atoms with Crippen molar-refractivity contribution in [3.8, 4) is 0 Å². The highest BCUT2D eigenvalue weighted by atomic mass is 16.3. The minimum Gasteiger partial charge on any atom is -0.390 e. The van der Waals surface area contributed by atoms with Gasteiger partial charge in [-0.1, -0.05) is 54.9 Å². The minimum atomic E-state index is -0.898. The molecule has 0 aliphatic carbocycles. The molecule has 23 heavy (non-hydrogen) atoms. The Bertz CT molecular complexity index is 333. The van der Waals surface area contributed by atoms with Crippen molar-refractivity contribution >= 4 is 0 Å². The second-order valence-electron chi connectivity index (χ2n) is 8.26. The Labute approximate surface area is 144 Å². The summed E-state index contributed by atoms with van der Waals surface area (Å²) in [4.78, 5) is 0. The summed E-state index contributed by atoms with van der Waals surface area (Å²) in [6.07, 6.45) is 1.87. The first-order chi connectivity index (χ1) is 10.4. The Balaban J connectivity index is 5.49. The molecule has 0 saturated heterocycles. The maximum absolute atomic E-state index is 11.4. The van der Waals surface area contributed by atoms with Crippen LogP contribution in [0.1, 0.15) is 68.2 Å². The standard InChI is InChI=1S/C19H43N3O/c1-9-12(5)17(21)13(6)16(11(3)4)19(8,23)14(7)18(22)15(20)10-2/h11-18,23H,9-10,20-22H2,1-8H3. The van der Waals surface area contributed by atoms with Crippen LogP contribution in [-0.2, 0) is 0 Å². The largest absolute Gasteiger partial charge is 0.390 e. The molecule has 0 spiro atoms. The number of aliphatic hydroxyl groups is 1. The molecule has 0 aliphatic heterocycles. The second-order valence-corrected chi connectivity index (χ2v) is 8.26. The van der Waals surface area contributed by atoms with Crippen molar-refractivity contribution in [2.24, 2.45) is 46.8 Å². The van der Waals surface area contributed by atoms with Crippen molar-refractivity contribution in [1.82, 2.24) is 0 Å². The van der Waals surface area contributed by atoms with Crippen molar-refractivity contribution in [1.29, 1.82) is 0 Å². The molecule has 0 aliphatic rings. The van der Waals surface area contributed by atoms with Gasteiger partial charge in [0.2, 0.25) is 0 Å². The first-order valence-electron chi connectivity index (χ1n) is 9.42. The Morgan fingerprint density at radius 3 is 1.70 bits per heavy atom. The van der Waals surface area contributed by atoms with Gasteiger partial charge in [-0.15, -0.1) is 0 Å². The van der Waals surface area contributed by atoms with Crippen LogP contribution in [0, 0.1) is 29.6 Å². The highest BCUT2D eigenvalue weighted by molar-refractivity contribution is 4.99. The van der Waals surface area contributed by atoms with Crippen molar-refractivity contribution in [2.75, 3.05) is 0 Å². The van der Waals surface area contributed by atoms with E-state index in [2.05, 4.69) is 34.6 Å². The van der Waals surface area contributed by atoms with E-state index in [1.54, 1.807) is 0 Å². The highest BCUT2D eigenvalue weighted by Crippen LogP contribution is 2.40. The van der Waals surface area contributed by atoms with Gasteiger partial charge in [0.15, 0.2) is 0 Å². The molecule has 4 heteroatoms. The molecule has 0 radical (unpaired) electrons. The lowest BCUT2D eigenvalue weighted by molar-refractivity contribution is -0.0980. The Morgan fingerprint density at radius 2 is 1.35 bits per heavy atom. The number of hydrogen-bond acceptors (Lipinski definition) is 4. The third-order valence-electron chi connectivity index (χ3n) is 6.33. The van der Waals surface area contributed by atoms with E-state index in [1.165, 1.54) is 0 Å². The van der Waals surface area contributed by atoms with Gasteiger partial charge in [0.25, 0.3) is 0 Å². The molecule has 0 bridgehead atoms. The van der Waals surface area contributed by atoms with Gasteiger partial charge in [0, 0.05) is 24.0 Å². The van der Waals surface area contributed by atoms with Gasteiger partial charge in [0.05, 0.1) is 5.60 Å². The summed E-state index contributed by atoms with van der Waals surface area (Å²) in [5, 5.41) is 11.4. The predicted molar refractivity (Wildman–Crippen MR) is 101 cm³/mol. The van der Waals surface area contributed by atoms with Crippen LogP contribution in [-0.4, -0.2) is 28.8 Å². The lowest BCUT2D eigenvalue weighted by atomic mass is 9.63. The molecule has 140 valence electrons. The second kappa shape index (κ2) is 9.36. The fourth-order valence-electron chi connectivity index (χ4n) is 4.18. The zero-order chi connectivity index (χ0) is 18.5. The summed E-state index contributed by atoms with van der Waals surface area (Å²) in [5.74, 6) is 0.965. The Hall–Kier alpha value is -0.160. The van der Waals surface area contributed by atoms with E-state index in [-0.39, 0.29) is 35.9 Å². The zero-order valence-electron chi connectivity index (χ0n) is 16.7. The van der Waals surface area contributed by atoms with Crippen LogP contribution in [0.5, 0.6) is 0 Å². The van der Waals surface area contributed by atoms with Crippen LogP contribution < -0.4 is 17.2 Å². The van der Waals surface area contributed by atoms with Crippen LogP contribution in [0.15, 0.2) is 0 Å². The van der Waals surface area contributed by atoms with Gasteiger partial charge < -0.3 is 22.3 Å². The fourth-order valence-corrected chi connectivity index (χ4v) is 4.18. The summed E-state index contributed by atoms with van der Waals surface area (Å²) in [6, 6.07) is -0.242. The number of hydrogen-bond donors (Lipinski definition) is 4. The quantitative estimate of drug-likeness (QED) is 0.495. The predicted octanol–water partition coefficient (Wildman–Crippen LogP) is 2.72. The lowest BCUT2D eigenvalue weighted by Gasteiger charge is -2.48. The van der Waals surface area contributed by atoms with Crippen molar-refractivity contribution in [2.45, 2.75) is 92.0 Å². The molecule has 8 atom stereocenters. The van der Waals surface area contributed by atoms with Gasteiger partial charge in [-0.05, 0) is 37.0 Å². The van der Waals surface area contributed by atoms with Crippen molar-refractivity contribution in [3.63, 3.8) is 0 Å². The molecule has 0 saturated carbocycles. The van der Waals surface area contributed by atoms with Crippen LogP contribution in [0.3, 0.4) is 0 Å². The molecule has 0 aromatic carbocycles. The normalized spacial score (nSPS) is 24.4. The average molecular weight is 330 g/mol. The van der Waals surface area contributed by atoms with Gasteiger partial charge in [-0.25, -0.2) is 0 Å². The van der Waals surface area contributed by atoms with E-state index in [1.807, 2.05) is 20.8 Å². The molecular weight excluding hydrogens is 286 g/mol. The van der Waals surface area contributed by atoms with Crippen LogP contribution in [0.2, 0.25) is 0 Å². The van der Waals surface area contributed by atoms with E-state index in [4.69, 9.17) is 17.2 Å². The number of rotatable bonds is 10. The van der Waals surface area contributed by atoms with Crippen LogP contribution in [0.25, 0.3) is 0 Å². The average Bonchev–Trinajstić information content (AvgIpc) is 2.50. The summed E-state index contributed by atoms with van der Waals surface area (Å²) >= 11 is 0. The lowest BCUT2D eigenvalue weighted by Crippen LogP contribution is -2.59. The molecule has 0 fully saturated rings. The van der Waals surface area contributed by atoms with Gasteiger partial charge in [0.1, 0.15) is 0 Å². The van der Waals surface area contributed by atoms with Gasteiger partial charge in [-0.3, -0.25) is 0 Å². The minimum absolute atomic E-state index is 0.0714. The summed E-state index contributed by atoms with van der Waals surface area (Å²) < 4.78 is 0. The molecule has 0 amide bonds. The zero-order valence-corrected chi connectivity index (χ0v) is 16.7. The SMILES string of the molecule is CCC(C)C(N)C(C)C(C(C)C)C(C)(O)C(C)C(N)C(N)CC. The maximum atomic E-state index is 11.4. The molecule has 0 rings (SSSR count). The first kappa shape index (κ1) is 22.8. The molecule has 0 aromatic heterocycles. The Morgan fingerprint density at radius 1 is 0.870 bits per heavy atom. The smallest absolute Gasteiger partial charge is 0.0694 e. The summed E-state index contributed by atoms with van der Waals surface area (Å²) in [6.45, 7) is 16.8. The number of nitrogens with two attached hydrogens (primary N) is 3. The van der Waals surface area contributed by atoms with E-state index in [9.17, 15) is 5.11 Å². The molecule has 8 unspecified atom stereocenters. The molecule has 0 heterocycles. The van der Waals surface area contributed by atoms with Gasteiger partial charge >= 0.3 is 0 Å². The van der Waals surface area contributed by atoms with Crippen LogP contribution >= 0.6 is 0 Å². The third kappa shape index (κ3) is 5.42. The Kier molecular flexibility index (Phi) is 9.29. The molecular formula is C19H43N3O. The molecule has 4 nitrogen and oxygen atoms in total. The first-order valence-corrected chi connectivity index (χ1v) is 9.42. The van der Waals surface area contributed by atoms with Crippen molar-refractivity contribution < 1.29 is 5.11 Å². The van der Waals surface area contributed by atoms with E-state index < -0.39 is 5.60 Å². The fraction of sp³-hybridized carbons (Fsp3) is 1.00. The summed E-state index contributed by atoms with van der Waals surface area (Å²) in [7, 11) is 0. The maximum Gasteiger partial charge on any atom is 0.0694 e. The van der Waals surface area contributed by atoms with Crippen molar-refractivity contribution in [3.05, 3.63) is 0 Å². The van der Waals surface area contributed by atoms with E-state index >= 15 is 0 Å².